The predicted molar refractivity (Wildman–Crippen MR) is 75.2 cm³/mol. The summed E-state index contributed by atoms with van der Waals surface area (Å²) in [5.41, 5.74) is 4.16. The number of hydrogen-bond donors (Lipinski definition) is 2. The molecule has 2 rings (SSSR count). The van der Waals surface area contributed by atoms with E-state index in [2.05, 4.69) is 22.4 Å². The van der Waals surface area contributed by atoms with Crippen LogP contribution in [0, 0.1) is 12.7 Å². The van der Waals surface area contributed by atoms with Crippen LogP contribution in [0.3, 0.4) is 0 Å². The SMILES string of the molecule is CCCn1ncnc1CC(NN)c1ccc(C)c(F)c1. The van der Waals surface area contributed by atoms with Crippen molar-refractivity contribution in [2.45, 2.75) is 39.3 Å². The van der Waals surface area contributed by atoms with E-state index in [0.29, 0.717) is 12.0 Å². The van der Waals surface area contributed by atoms with Crippen LogP contribution in [0.2, 0.25) is 0 Å². The largest absolute Gasteiger partial charge is 0.271 e. The highest BCUT2D eigenvalue weighted by Crippen LogP contribution is 2.19. The number of nitrogens with two attached hydrogens (primary N) is 1. The number of aryl methyl sites for hydroxylation is 2. The first-order valence-electron chi connectivity index (χ1n) is 6.74. The van der Waals surface area contributed by atoms with Crippen molar-refractivity contribution in [2.75, 3.05) is 0 Å². The lowest BCUT2D eigenvalue weighted by molar-refractivity contribution is 0.496. The Labute approximate surface area is 118 Å². The number of hydrazine groups is 1. The van der Waals surface area contributed by atoms with Crippen LogP contribution in [0.4, 0.5) is 4.39 Å². The molecule has 0 saturated carbocycles. The van der Waals surface area contributed by atoms with Gasteiger partial charge in [0.2, 0.25) is 0 Å². The number of hydrogen-bond acceptors (Lipinski definition) is 4. The maximum atomic E-state index is 13.7. The summed E-state index contributed by atoms with van der Waals surface area (Å²) in [6.45, 7) is 4.64. The van der Waals surface area contributed by atoms with Gasteiger partial charge < -0.3 is 0 Å². The zero-order valence-electron chi connectivity index (χ0n) is 11.8. The van der Waals surface area contributed by atoms with Crippen LogP contribution in [0.1, 0.15) is 36.3 Å². The van der Waals surface area contributed by atoms with Gasteiger partial charge in [-0.2, -0.15) is 5.10 Å². The van der Waals surface area contributed by atoms with E-state index >= 15 is 0 Å². The summed E-state index contributed by atoms with van der Waals surface area (Å²) in [5, 5.41) is 4.18. The van der Waals surface area contributed by atoms with Gasteiger partial charge in [-0.15, -0.1) is 0 Å². The summed E-state index contributed by atoms with van der Waals surface area (Å²) in [7, 11) is 0. The molecule has 5 nitrogen and oxygen atoms in total. The van der Waals surface area contributed by atoms with Crippen molar-refractivity contribution in [3.8, 4) is 0 Å². The van der Waals surface area contributed by atoms with Gasteiger partial charge >= 0.3 is 0 Å². The molecule has 20 heavy (non-hydrogen) atoms. The van der Waals surface area contributed by atoms with E-state index in [1.54, 1.807) is 13.0 Å². The van der Waals surface area contributed by atoms with Crippen molar-refractivity contribution >= 4 is 0 Å². The smallest absolute Gasteiger partial charge is 0.138 e. The summed E-state index contributed by atoms with van der Waals surface area (Å²) >= 11 is 0. The van der Waals surface area contributed by atoms with E-state index < -0.39 is 0 Å². The lowest BCUT2D eigenvalue weighted by Crippen LogP contribution is -2.30. The minimum atomic E-state index is -0.224. The molecule has 0 amide bonds. The maximum absolute atomic E-state index is 13.7. The molecule has 3 N–H and O–H groups in total. The van der Waals surface area contributed by atoms with Gasteiger partial charge in [0, 0.05) is 13.0 Å². The Kier molecular flexibility index (Phi) is 4.81. The number of halogens is 1. The Morgan fingerprint density at radius 3 is 2.90 bits per heavy atom. The van der Waals surface area contributed by atoms with Gasteiger partial charge in [-0.25, -0.2) is 9.37 Å². The normalized spacial score (nSPS) is 12.6. The van der Waals surface area contributed by atoms with Crippen LogP contribution in [0.15, 0.2) is 24.5 Å². The lowest BCUT2D eigenvalue weighted by atomic mass is 10.0. The third-order valence-electron chi connectivity index (χ3n) is 3.32. The molecule has 0 fully saturated rings. The minimum absolute atomic E-state index is 0.190. The fourth-order valence-electron chi connectivity index (χ4n) is 2.13. The lowest BCUT2D eigenvalue weighted by Gasteiger charge is -2.17. The van der Waals surface area contributed by atoms with E-state index in [1.807, 2.05) is 10.7 Å². The molecule has 1 unspecified atom stereocenters. The van der Waals surface area contributed by atoms with E-state index in [-0.39, 0.29) is 11.9 Å². The van der Waals surface area contributed by atoms with Gasteiger partial charge in [-0.05, 0) is 30.5 Å². The summed E-state index contributed by atoms with van der Waals surface area (Å²) in [6, 6.07) is 4.96. The molecule has 0 aliphatic carbocycles. The van der Waals surface area contributed by atoms with Crippen molar-refractivity contribution in [2.24, 2.45) is 5.84 Å². The molecular formula is C14H20FN5. The second-order valence-corrected chi connectivity index (χ2v) is 4.83. The van der Waals surface area contributed by atoms with Gasteiger partial charge in [-0.1, -0.05) is 19.1 Å². The van der Waals surface area contributed by atoms with Crippen molar-refractivity contribution in [3.63, 3.8) is 0 Å². The predicted octanol–water partition coefficient (Wildman–Crippen LogP) is 1.88. The van der Waals surface area contributed by atoms with E-state index in [0.717, 1.165) is 24.4 Å². The van der Waals surface area contributed by atoms with Crippen LogP contribution in [-0.2, 0) is 13.0 Å². The average molecular weight is 277 g/mol. The first-order valence-corrected chi connectivity index (χ1v) is 6.74. The second-order valence-electron chi connectivity index (χ2n) is 4.83. The van der Waals surface area contributed by atoms with Crippen LogP contribution in [-0.4, -0.2) is 14.8 Å². The second kappa shape index (κ2) is 6.58. The highest BCUT2D eigenvalue weighted by Gasteiger charge is 2.15. The molecule has 1 atom stereocenters. The standard InChI is InChI=1S/C14H20FN5/c1-3-6-20-14(17-9-18-20)8-13(19-16)11-5-4-10(2)12(15)7-11/h4-5,7,9,13,19H,3,6,8,16H2,1-2H3. The van der Waals surface area contributed by atoms with Gasteiger partial charge in [0.1, 0.15) is 18.0 Å². The molecule has 0 radical (unpaired) electrons. The Hall–Kier alpha value is -1.79. The number of nitrogens with one attached hydrogen (secondary N) is 1. The quantitative estimate of drug-likeness (QED) is 0.625. The number of benzene rings is 1. The van der Waals surface area contributed by atoms with Crippen LogP contribution in [0.5, 0.6) is 0 Å². The molecule has 0 bridgehead atoms. The molecule has 6 heteroatoms. The van der Waals surface area contributed by atoms with Gasteiger partial charge in [0.25, 0.3) is 0 Å². The van der Waals surface area contributed by atoms with Crippen molar-refractivity contribution < 1.29 is 4.39 Å². The highest BCUT2D eigenvalue weighted by atomic mass is 19.1. The van der Waals surface area contributed by atoms with Gasteiger partial charge in [0.05, 0.1) is 6.04 Å². The third-order valence-corrected chi connectivity index (χ3v) is 3.32. The fraction of sp³-hybridized carbons (Fsp3) is 0.429. The number of aromatic nitrogens is 3. The summed E-state index contributed by atoms with van der Waals surface area (Å²) in [6.07, 6.45) is 3.09. The van der Waals surface area contributed by atoms with Crippen LogP contribution >= 0.6 is 0 Å². The van der Waals surface area contributed by atoms with Crippen LogP contribution in [0.25, 0.3) is 0 Å². The Morgan fingerprint density at radius 1 is 1.45 bits per heavy atom. The molecule has 0 aliphatic heterocycles. The highest BCUT2D eigenvalue weighted by molar-refractivity contribution is 5.26. The van der Waals surface area contributed by atoms with Crippen molar-refractivity contribution in [3.05, 3.63) is 47.3 Å². The van der Waals surface area contributed by atoms with E-state index in [9.17, 15) is 4.39 Å². The molecule has 108 valence electrons. The first kappa shape index (κ1) is 14.6. The third kappa shape index (κ3) is 3.20. The molecule has 1 heterocycles. The number of rotatable bonds is 6. The summed E-state index contributed by atoms with van der Waals surface area (Å²) in [4.78, 5) is 4.25. The molecule has 2 aromatic rings. The monoisotopic (exact) mass is 277 g/mol. The van der Waals surface area contributed by atoms with Crippen molar-refractivity contribution in [1.29, 1.82) is 0 Å². The summed E-state index contributed by atoms with van der Waals surface area (Å²) < 4.78 is 15.5. The Morgan fingerprint density at radius 2 is 2.25 bits per heavy atom. The summed E-state index contributed by atoms with van der Waals surface area (Å²) in [5.74, 6) is 6.22. The zero-order valence-corrected chi connectivity index (χ0v) is 11.8. The average Bonchev–Trinajstić information content (AvgIpc) is 2.87. The number of nitrogens with zero attached hydrogens (tertiary/aromatic N) is 3. The Bertz CT molecular complexity index is 566. The molecule has 1 aromatic heterocycles. The first-order chi connectivity index (χ1) is 9.65. The topological polar surface area (TPSA) is 68.8 Å². The fourth-order valence-corrected chi connectivity index (χ4v) is 2.13. The zero-order chi connectivity index (χ0) is 14.5. The van der Waals surface area contributed by atoms with E-state index in [1.165, 1.54) is 12.4 Å². The molecule has 1 aromatic carbocycles. The molecule has 0 spiro atoms. The van der Waals surface area contributed by atoms with Gasteiger partial charge in [0.15, 0.2) is 0 Å². The van der Waals surface area contributed by atoms with Crippen molar-refractivity contribution in [1.82, 2.24) is 20.2 Å². The molecule has 0 aliphatic rings. The maximum Gasteiger partial charge on any atom is 0.138 e. The Balaban J connectivity index is 2.19. The van der Waals surface area contributed by atoms with E-state index in [4.69, 9.17) is 5.84 Å². The van der Waals surface area contributed by atoms with Crippen LogP contribution < -0.4 is 11.3 Å². The van der Waals surface area contributed by atoms with Gasteiger partial charge in [-0.3, -0.25) is 16.0 Å². The molecular weight excluding hydrogens is 257 g/mol. The molecule has 0 saturated heterocycles. The minimum Gasteiger partial charge on any atom is -0.271 e.